The Morgan fingerprint density at radius 3 is 2.62 bits per heavy atom. The Hall–Kier alpha value is -2.72. The summed E-state index contributed by atoms with van der Waals surface area (Å²) in [6.45, 7) is 2.31. The standard InChI is InChI=1S/C18H16ClN5O4S/c1-8-20-21-16(27-8)13-11-12(22(2)18(26)23(3)17(11)25)14-15(29-7-6-24(13)14)9-4-5-10(19)28-9/h4-5,15H,6-7H2,1-3H3/t15-/m0/s1. The van der Waals surface area contributed by atoms with Gasteiger partial charge in [0.2, 0.25) is 5.89 Å². The lowest BCUT2D eigenvalue weighted by molar-refractivity contribution is 0.507. The number of nitrogens with zero attached hydrogens (tertiary/aromatic N) is 5. The zero-order chi connectivity index (χ0) is 20.4. The molecule has 0 bridgehead atoms. The number of aromatic nitrogens is 5. The van der Waals surface area contributed by atoms with Gasteiger partial charge in [-0.3, -0.25) is 13.9 Å². The molecule has 1 atom stereocenters. The van der Waals surface area contributed by atoms with Gasteiger partial charge in [0.05, 0.1) is 16.6 Å². The molecule has 0 N–H and O–H groups in total. The van der Waals surface area contributed by atoms with Crippen LogP contribution in [0.2, 0.25) is 5.22 Å². The second kappa shape index (κ2) is 6.39. The fourth-order valence-corrected chi connectivity index (χ4v) is 5.24. The molecule has 4 aromatic rings. The van der Waals surface area contributed by atoms with E-state index < -0.39 is 11.2 Å². The molecule has 1 aliphatic heterocycles. The molecule has 11 heteroatoms. The predicted molar refractivity (Wildman–Crippen MR) is 108 cm³/mol. The zero-order valence-corrected chi connectivity index (χ0v) is 17.4. The largest absolute Gasteiger partial charge is 0.448 e. The Morgan fingerprint density at radius 1 is 1.17 bits per heavy atom. The van der Waals surface area contributed by atoms with Crippen molar-refractivity contribution >= 4 is 34.3 Å². The summed E-state index contributed by atoms with van der Waals surface area (Å²) in [5, 5.41) is 8.48. The smallest absolute Gasteiger partial charge is 0.331 e. The lowest BCUT2D eigenvalue weighted by atomic mass is 10.2. The molecule has 0 radical (unpaired) electrons. The minimum atomic E-state index is -0.407. The number of furan rings is 1. The molecule has 0 saturated carbocycles. The Labute approximate surface area is 172 Å². The van der Waals surface area contributed by atoms with Crippen LogP contribution in [0.1, 0.15) is 22.6 Å². The maximum atomic E-state index is 13.2. The van der Waals surface area contributed by atoms with Crippen LogP contribution in [0.3, 0.4) is 0 Å². The highest BCUT2D eigenvalue weighted by Gasteiger charge is 2.35. The van der Waals surface area contributed by atoms with Crippen LogP contribution in [0.4, 0.5) is 0 Å². The van der Waals surface area contributed by atoms with Gasteiger partial charge in [0.1, 0.15) is 16.7 Å². The highest BCUT2D eigenvalue weighted by molar-refractivity contribution is 7.99. The van der Waals surface area contributed by atoms with Crippen molar-refractivity contribution in [3.63, 3.8) is 0 Å². The van der Waals surface area contributed by atoms with Crippen LogP contribution < -0.4 is 11.2 Å². The van der Waals surface area contributed by atoms with Crippen molar-refractivity contribution in [2.24, 2.45) is 14.1 Å². The molecule has 1 aliphatic rings. The Balaban J connectivity index is 1.96. The van der Waals surface area contributed by atoms with E-state index >= 15 is 0 Å². The summed E-state index contributed by atoms with van der Waals surface area (Å²) in [6.07, 6.45) is 0. The van der Waals surface area contributed by atoms with Gasteiger partial charge in [-0.1, -0.05) is 0 Å². The van der Waals surface area contributed by atoms with Crippen molar-refractivity contribution in [1.29, 1.82) is 0 Å². The van der Waals surface area contributed by atoms with Crippen LogP contribution in [0.15, 0.2) is 30.6 Å². The van der Waals surface area contributed by atoms with Crippen molar-refractivity contribution in [1.82, 2.24) is 23.9 Å². The van der Waals surface area contributed by atoms with Crippen LogP contribution in [0.25, 0.3) is 22.5 Å². The van der Waals surface area contributed by atoms with E-state index in [1.165, 1.54) is 11.6 Å². The van der Waals surface area contributed by atoms with Crippen LogP contribution in [0.5, 0.6) is 0 Å². The summed E-state index contributed by atoms with van der Waals surface area (Å²) < 4.78 is 15.9. The summed E-state index contributed by atoms with van der Waals surface area (Å²) >= 11 is 7.67. The first-order valence-electron chi connectivity index (χ1n) is 8.88. The molecule has 5 rings (SSSR count). The third-order valence-corrected chi connectivity index (χ3v) is 6.54. The molecule has 0 unspecified atom stereocenters. The van der Waals surface area contributed by atoms with Crippen LogP contribution in [-0.2, 0) is 20.6 Å². The number of hydrogen-bond acceptors (Lipinski definition) is 7. The third-order valence-electron chi connectivity index (χ3n) is 5.13. The van der Waals surface area contributed by atoms with E-state index in [0.717, 1.165) is 16.0 Å². The van der Waals surface area contributed by atoms with Gasteiger partial charge in [-0.15, -0.1) is 22.0 Å². The van der Waals surface area contributed by atoms with Crippen molar-refractivity contribution in [2.45, 2.75) is 18.7 Å². The number of halogens is 1. The lowest BCUT2D eigenvalue weighted by Crippen LogP contribution is -2.37. The average Bonchev–Trinajstić information content (AvgIpc) is 3.41. The van der Waals surface area contributed by atoms with E-state index in [9.17, 15) is 9.59 Å². The highest BCUT2D eigenvalue weighted by atomic mass is 35.5. The second-order valence-electron chi connectivity index (χ2n) is 6.83. The molecule has 4 aromatic heterocycles. The van der Waals surface area contributed by atoms with E-state index in [0.29, 0.717) is 34.8 Å². The minimum absolute atomic E-state index is 0.241. The first kappa shape index (κ1) is 18.3. The maximum Gasteiger partial charge on any atom is 0.331 e. The molecule has 0 aliphatic carbocycles. The number of thioether (sulfide) groups is 1. The topological polar surface area (TPSA) is 101 Å². The first-order chi connectivity index (χ1) is 13.9. The van der Waals surface area contributed by atoms with Gasteiger partial charge in [0.25, 0.3) is 11.4 Å². The average molecular weight is 434 g/mol. The normalized spacial score (nSPS) is 16.5. The van der Waals surface area contributed by atoms with Gasteiger partial charge >= 0.3 is 5.69 Å². The minimum Gasteiger partial charge on any atom is -0.448 e. The second-order valence-corrected chi connectivity index (χ2v) is 8.42. The van der Waals surface area contributed by atoms with Gasteiger partial charge in [0, 0.05) is 33.3 Å². The highest BCUT2D eigenvalue weighted by Crippen LogP contribution is 2.46. The van der Waals surface area contributed by atoms with Gasteiger partial charge in [-0.2, -0.15) is 0 Å². The fraction of sp³-hybridized carbons (Fsp3) is 0.333. The van der Waals surface area contributed by atoms with E-state index in [-0.39, 0.29) is 16.4 Å². The van der Waals surface area contributed by atoms with Crippen molar-refractivity contribution in [3.8, 4) is 11.6 Å². The third kappa shape index (κ3) is 2.55. The van der Waals surface area contributed by atoms with Crippen LogP contribution >= 0.6 is 23.4 Å². The molecule has 150 valence electrons. The number of hydrogen-bond donors (Lipinski definition) is 0. The van der Waals surface area contributed by atoms with Crippen molar-refractivity contribution in [3.05, 3.63) is 55.5 Å². The molecule has 0 spiro atoms. The van der Waals surface area contributed by atoms with Gasteiger partial charge in [-0.05, 0) is 23.7 Å². The molecular weight excluding hydrogens is 418 g/mol. The summed E-state index contributed by atoms with van der Waals surface area (Å²) in [5.41, 5.74) is 1.03. The molecule has 0 fully saturated rings. The van der Waals surface area contributed by atoms with Gasteiger partial charge < -0.3 is 13.4 Å². The SMILES string of the molecule is Cc1nnc(-c2c3c(=O)n(C)c(=O)n(C)c3c3n2CCS[C@H]3c2ccc(Cl)o2)o1. The van der Waals surface area contributed by atoms with Crippen LogP contribution in [-0.4, -0.2) is 29.7 Å². The van der Waals surface area contributed by atoms with Crippen molar-refractivity contribution in [2.75, 3.05) is 5.75 Å². The lowest BCUT2D eigenvalue weighted by Gasteiger charge is -2.24. The van der Waals surface area contributed by atoms with E-state index in [1.807, 2.05) is 10.6 Å². The molecule has 0 aromatic carbocycles. The predicted octanol–water partition coefficient (Wildman–Crippen LogP) is 2.48. The van der Waals surface area contributed by atoms with Gasteiger partial charge in [-0.25, -0.2) is 4.79 Å². The zero-order valence-electron chi connectivity index (χ0n) is 15.8. The molecular formula is C18H16ClN5O4S. The van der Waals surface area contributed by atoms with Gasteiger partial charge in [0.15, 0.2) is 5.22 Å². The van der Waals surface area contributed by atoms with E-state index in [2.05, 4.69) is 10.2 Å². The van der Waals surface area contributed by atoms with E-state index in [1.54, 1.807) is 31.8 Å². The molecule has 5 heterocycles. The summed E-state index contributed by atoms with van der Waals surface area (Å²) in [4.78, 5) is 25.9. The molecule has 9 nitrogen and oxygen atoms in total. The molecule has 29 heavy (non-hydrogen) atoms. The maximum absolute atomic E-state index is 13.2. The Morgan fingerprint density at radius 2 is 1.97 bits per heavy atom. The monoisotopic (exact) mass is 433 g/mol. The Kier molecular flexibility index (Phi) is 4.04. The first-order valence-corrected chi connectivity index (χ1v) is 10.3. The summed E-state index contributed by atoms with van der Waals surface area (Å²) in [5.74, 6) is 2.06. The molecule has 0 saturated heterocycles. The number of rotatable bonds is 2. The number of fused-ring (bicyclic) bond motifs is 3. The van der Waals surface area contributed by atoms with Crippen LogP contribution in [0, 0.1) is 6.92 Å². The summed E-state index contributed by atoms with van der Waals surface area (Å²) in [6, 6.07) is 3.49. The molecule has 0 amide bonds. The number of aryl methyl sites for hydroxylation is 2. The summed E-state index contributed by atoms with van der Waals surface area (Å²) in [7, 11) is 3.11. The Bertz CT molecular complexity index is 1390. The van der Waals surface area contributed by atoms with E-state index in [4.69, 9.17) is 20.4 Å². The quantitative estimate of drug-likeness (QED) is 0.478. The van der Waals surface area contributed by atoms with Crippen molar-refractivity contribution < 1.29 is 8.83 Å². The fourth-order valence-electron chi connectivity index (χ4n) is 3.88.